The van der Waals surface area contributed by atoms with E-state index in [1.807, 2.05) is 55.5 Å². The Morgan fingerprint density at radius 3 is 2.60 bits per heavy atom. The lowest BCUT2D eigenvalue weighted by molar-refractivity contribution is 0.341. The van der Waals surface area contributed by atoms with Gasteiger partial charge in [-0.25, -0.2) is 9.97 Å². The van der Waals surface area contributed by atoms with E-state index in [9.17, 15) is 0 Å². The number of hydrogen-bond donors (Lipinski definition) is 1. The molecule has 1 aromatic heterocycles. The number of nitrogens with zero attached hydrogens (tertiary/aromatic N) is 2. The van der Waals surface area contributed by atoms with Crippen molar-refractivity contribution in [3.05, 3.63) is 48.5 Å². The molecule has 4 nitrogen and oxygen atoms in total. The maximum Gasteiger partial charge on any atom is 0.165 e. The fourth-order valence-electron chi connectivity index (χ4n) is 2.15. The third kappa shape index (κ3) is 2.16. The van der Waals surface area contributed by atoms with Gasteiger partial charge in [-0.2, -0.15) is 0 Å². The molecular formula is C16H15N3O. The van der Waals surface area contributed by atoms with Crippen LogP contribution in [0.5, 0.6) is 5.75 Å². The molecule has 4 heteroatoms. The van der Waals surface area contributed by atoms with E-state index < -0.39 is 0 Å². The van der Waals surface area contributed by atoms with Gasteiger partial charge < -0.3 is 10.5 Å². The number of fused-ring (bicyclic) bond motifs is 1. The topological polar surface area (TPSA) is 61.0 Å². The molecule has 20 heavy (non-hydrogen) atoms. The first-order chi connectivity index (χ1) is 9.79. The fourth-order valence-corrected chi connectivity index (χ4v) is 2.15. The van der Waals surface area contributed by atoms with Crippen LogP contribution in [-0.4, -0.2) is 16.6 Å². The molecule has 2 N–H and O–H groups in total. The Kier molecular flexibility index (Phi) is 3.21. The first-order valence-corrected chi connectivity index (χ1v) is 6.54. The van der Waals surface area contributed by atoms with Crippen molar-refractivity contribution >= 4 is 16.7 Å². The minimum absolute atomic E-state index is 0.483. The largest absolute Gasteiger partial charge is 0.493 e. The smallest absolute Gasteiger partial charge is 0.165 e. The highest BCUT2D eigenvalue weighted by molar-refractivity contribution is 5.89. The maximum atomic E-state index is 6.03. The fraction of sp³-hybridized carbons (Fsp3) is 0.125. The molecule has 0 aliphatic carbocycles. The predicted octanol–water partition coefficient (Wildman–Crippen LogP) is 3.28. The number of para-hydroxylation sites is 2. The van der Waals surface area contributed by atoms with Crippen LogP contribution in [0.1, 0.15) is 6.92 Å². The second kappa shape index (κ2) is 5.17. The normalized spacial score (nSPS) is 10.7. The molecule has 3 rings (SSSR count). The van der Waals surface area contributed by atoms with Crippen LogP contribution >= 0.6 is 0 Å². The molecule has 0 bridgehead atoms. The van der Waals surface area contributed by atoms with E-state index >= 15 is 0 Å². The van der Waals surface area contributed by atoms with Crippen LogP contribution in [0.4, 0.5) is 5.82 Å². The molecule has 100 valence electrons. The summed E-state index contributed by atoms with van der Waals surface area (Å²) in [7, 11) is 0. The van der Waals surface area contributed by atoms with Gasteiger partial charge in [0.15, 0.2) is 5.82 Å². The molecule has 0 atom stereocenters. The Balaban J connectivity index is 2.20. The SMILES string of the molecule is CCOc1ccccc1-c1nc(N)c2ccccc2n1. The molecule has 0 spiro atoms. The summed E-state index contributed by atoms with van der Waals surface area (Å²) >= 11 is 0. The Bertz CT molecular complexity index is 756. The van der Waals surface area contributed by atoms with Gasteiger partial charge in [0.05, 0.1) is 17.7 Å². The molecule has 0 saturated heterocycles. The van der Waals surface area contributed by atoms with Crippen LogP contribution in [0.2, 0.25) is 0 Å². The lowest BCUT2D eigenvalue weighted by Crippen LogP contribution is -2.00. The van der Waals surface area contributed by atoms with Crippen LogP contribution in [0.25, 0.3) is 22.3 Å². The maximum absolute atomic E-state index is 6.03. The van der Waals surface area contributed by atoms with Gasteiger partial charge in [0, 0.05) is 5.39 Å². The monoisotopic (exact) mass is 265 g/mol. The molecule has 0 aliphatic rings. The summed E-state index contributed by atoms with van der Waals surface area (Å²) in [6, 6.07) is 15.4. The lowest BCUT2D eigenvalue weighted by atomic mass is 10.1. The van der Waals surface area contributed by atoms with Gasteiger partial charge in [-0.15, -0.1) is 0 Å². The van der Waals surface area contributed by atoms with Crippen LogP contribution in [0, 0.1) is 0 Å². The highest BCUT2D eigenvalue weighted by Crippen LogP contribution is 2.29. The van der Waals surface area contributed by atoms with Crippen LogP contribution < -0.4 is 10.5 Å². The molecule has 0 fully saturated rings. The minimum Gasteiger partial charge on any atom is -0.493 e. The van der Waals surface area contributed by atoms with Gasteiger partial charge in [-0.05, 0) is 31.2 Å². The number of nitrogens with two attached hydrogens (primary N) is 1. The molecule has 0 radical (unpaired) electrons. The zero-order valence-corrected chi connectivity index (χ0v) is 11.2. The Labute approximate surface area is 117 Å². The first-order valence-electron chi connectivity index (χ1n) is 6.54. The standard InChI is InChI=1S/C16H15N3O/c1-2-20-14-10-6-4-8-12(14)16-18-13-9-5-3-7-11(13)15(17)19-16/h3-10H,2H2,1H3,(H2,17,18,19). The number of aromatic nitrogens is 2. The highest BCUT2D eigenvalue weighted by atomic mass is 16.5. The molecular weight excluding hydrogens is 250 g/mol. The number of ether oxygens (including phenoxy) is 1. The second-order valence-corrected chi connectivity index (χ2v) is 4.38. The van der Waals surface area contributed by atoms with Crippen molar-refractivity contribution in [3.8, 4) is 17.1 Å². The molecule has 2 aromatic carbocycles. The van der Waals surface area contributed by atoms with E-state index in [4.69, 9.17) is 10.5 Å². The van der Waals surface area contributed by atoms with E-state index in [2.05, 4.69) is 9.97 Å². The summed E-state index contributed by atoms with van der Waals surface area (Å²) in [5, 5.41) is 0.866. The quantitative estimate of drug-likeness (QED) is 0.789. The molecule has 3 aromatic rings. The second-order valence-electron chi connectivity index (χ2n) is 4.38. The highest BCUT2D eigenvalue weighted by Gasteiger charge is 2.11. The average Bonchev–Trinajstić information content (AvgIpc) is 2.48. The van der Waals surface area contributed by atoms with Crippen molar-refractivity contribution in [1.82, 2.24) is 9.97 Å². The van der Waals surface area contributed by atoms with Gasteiger partial charge in [0.1, 0.15) is 11.6 Å². The first kappa shape index (κ1) is 12.4. The number of hydrogen-bond acceptors (Lipinski definition) is 4. The average molecular weight is 265 g/mol. The van der Waals surface area contributed by atoms with Gasteiger partial charge in [0.2, 0.25) is 0 Å². The Morgan fingerprint density at radius 2 is 1.75 bits per heavy atom. The Morgan fingerprint density at radius 1 is 1.00 bits per heavy atom. The van der Waals surface area contributed by atoms with Crippen molar-refractivity contribution in [3.63, 3.8) is 0 Å². The third-order valence-corrected chi connectivity index (χ3v) is 3.06. The van der Waals surface area contributed by atoms with Crippen molar-refractivity contribution in [2.45, 2.75) is 6.92 Å². The van der Waals surface area contributed by atoms with E-state index in [-0.39, 0.29) is 0 Å². The minimum atomic E-state index is 0.483. The zero-order chi connectivity index (χ0) is 13.9. The van der Waals surface area contributed by atoms with E-state index in [1.54, 1.807) is 0 Å². The van der Waals surface area contributed by atoms with E-state index in [0.29, 0.717) is 18.2 Å². The summed E-state index contributed by atoms with van der Waals surface area (Å²) in [4.78, 5) is 8.98. The number of rotatable bonds is 3. The molecule has 1 heterocycles. The molecule has 0 saturated carbocycles. The van der Waals surface area contributed by atoms with Crippen LogP contribution in [-0.2, 0) is 0 Å². The third-order valence-electron chi connectivity index (χ3n) is 3.06. The number of nitrogen functional groups attached to an aromatic ring is 1. The lowest BCUT2D eigenvalue weighted by Gasteiger charge is -2.10. The number of benzene rings is 2. The van der Waals surface area contributed by atoms with Crippen LogP contribution in [0.3, 0.4) is 0 Å². The van der Waals surface area contributed by atoms with Gasteiger partial charge >= 0.3 is 0 Å². The van der Waals surface area contributed by atoms with Crippen molar-refractivity contribution in [2.24, 2.45) is 0 Å². The van der Waals surface area contributed by atoms with E-state index in [1.165, 1.54) is 0 Å². The summed E-state index contributed by atoms with van der Waals surface area (Å²) in [6.07, 6.45) is 0. The molecule has 0 amide bonds. The van der Waals surface area contributed by atoms with Crippen molar-refractivity contribution in [1.29, 1.82) is 0 Å². The molecule has 0 aliphatic heterocycles. The zero-order valence-electron chi connectivity index (χ0n) is 11.2. The number of anilines is 1. The van der Waals surface area contributed by atoms with Crippen LogP contribution in [0.15, 0.2) is 48.5 Å². The van der Waals surface area contributed by atoms with Gasteiger partial charge in [-0.1, -0.05) is 24.3 Å². The summed E-state index contributed by atoms with van der Waals surface area (Å²) in [6.45, 7) is 2.55. The predicted molar refractivity (Wildman–Crippen MR) is 80.6 cm³/mol. The van der Waals surface area contributed by atoms with Gasteiger partial charge in [0.25, 0.3) is 0 Å². The van der Waals surface area contributed by atoms with Crippen molar-refractivity contribution in [2.75, 3.05) is 12.3 Å². The van der Waals surface area contributed by atoms with Gasteiger partial charge in [-0.3, -0.25) is 0 Å². The summed E-state index contributed by atoms with van der Waals surface area (Å²) in [5.41, 5.74) is 7.71. The van der Waals surface area contributed by atoms with Crippen molar-refractivity contribution < 1.29 is 4.74 Å². The van der Waals surface area contributed by atoms with E-state index in [0.717, 1.165) is 22.2 Å². The Hall–Kier alpha value is -2.62. The summed E-state index contributed by atoms with van der Waals surface area (Å²) < 4.78 is 5.62. The molecule has 0 unspecified atom stereocenters. The summed E-state index contributed by atoms with van der Waals surface area (Å²) in [5.74, 6) is 1.84.